The molecular weight excluding hydrogens is 297 g/mol. The number of benzene rings is 1. The zero-order valence-corrected chi connectivity index (χ0v) is 14.7. The zero-order valence-electron chi connectivity index (χ0n) is 14.7. The van der Waals surface area contributed by atoms with E-state index in [1.165, 1.54) is 6.07 Å². The summed E-state index contributed by atoms with van der Waals surface area (Å²) in [7, 11) is 0. The van der Waals surface area contributed by atoms with E-state index >= 15 is 0 Å². The molecule has 1 heterocycles. The van der Waals surface area contributed by atoms with Gasteiger partial charge in [-0.2, -0.15) is 0 Å². The van der Waals surface area contributed by atoms with Crippen LogP contribution >= 0.6 is 0 Å². The molecule has 0 atom stereocenters. The van der Waals surface area contributed by atoms with Crippen LogP contribution in [0.1, 0.15) is 34.6 Å². The van der Waals surface area contributed by atoms with Crippen LogP contribution in [0.15, 0.2) is 18.2 Å². The SMILES string of the molecule is CC.CC(C)(C)OC(=O)N1CCN(c2ccc(N)c(F)c2)CC1. The molecule has 2 N–H and O–H groups in total. The fraction of sp³-hybridized carbons (Fsp3) is 0.588. The summed E-state index contributed by atoms with van der Waals surface area (Å²) in [5, 5.41) is 0. The van der Waals surface area contributed by atoms with Crippen molar-refractivity contribution in [2.45, 2.75) is 40.2 Å². The summed E-state index contributed by atoms with van der Waals surface area (Å²) in [6.07, 6.45) is -0.300. The molecule has 130 valence electrons. The summed E-state index contributed by atoms with van der Waals surface area (Å²) < 4.78 is 18.8. The maximum atomic E-state index is 13.5. The Morgan fingerprint density at radius 1 is 1.17 bits per heavy atom. The van der Waals surface area contributed by atoms with Crippen LogP contribution in [0.25, 0.3) is 0 Å². The Labute approximate surface area is 138 Å². The number of halogens is 1. The third kappa shape index (κ3) is 5.62. The maximum Gasteiger partial charge on any atom is 0.410 e. The number of hydrogen-bond acceptors (Lipinski definition) is 4. The number of nitrogens with two attached hydrogens (primary N) is 1. The largest absolute Gasteiger partial charge is 0.444 e. The van der Waals surface area contributed by atoms with Gasteiger partial charge in [0.1, 0.15) is 11.4 Å². The standard InChI is InChI=1S/C15H22FN3O2.C2H6/c1-15(2,3)21-14(20)19-8-6-18(7-9-19)11-4-5-13(17)12(16)10-11;1-2/h4-5,10H,6-9,17H2,1-3H3;1-2H3. The Kier molecular flexibility index (Phi) is 6.66. The zero-order chi connectivity index (χ0) is 17.6. The number of carbonyl (C=O) groups excluding carboxylic acids is 1. The number of anilines is 2. The molecular formula is C17H28FN3O2. The number of nitrogen functional groups attached to an aromatic ring is 1. The Balaban J connectivity index is 0.00000127. The second kappa shape index (κ2) is 8.04. The van der Waals surface area contributed by atoms with Crippen molar-refractivity contribution in [3.05, 3.63) is 24.0 Å². The summed E-state index contributed by atoms with van der Waals surface area (Å²) in [6.45, 7) is 11.9. The lowest BCUT2D eigenvalue weighted by Crippen LogP contribution is -2.50. The normalized spacial score (nSPS) is 14.9. The Morgan fingerprint density at radius 3 is 2.22 bits per heavy atom. The Hall–Kier alpha value is -1.98. The van der Waals surface area contributed by atoms with Gasteiger partial charge in [-0.05, 0) is 39.0 Å². The number of nitrogens with zero attached hydrogens (tertiary/aromatic N) is 2. The number of hydrogen-bond donors (Lipinski definition) is 1. The monoisotopic (exact) mass is 325 g/mol. The van der Waals surface area contributed by atoms with Crippen LogP contribution in [0.4, 0.5) is 20.6 Å². The van der Waals surface area contributed by atoms with Crippen LogP contribution in [0.2, 0.25) is 0 Å². The summed E-state index contributed by atoms with van der Waals surface area (Å²) in [4.78, 5) is 15.7. The van der Waals surface area contributed by atoms with Crippen molar-refractivity contribution < 1.29 is 13.9 Å². The van der Waals surface area contributed by atoms with Gasteiger partial charge in [0, 0.05) is 31.9 Å². The van der Waals surface area contributed by atoms with Gasteiger partial charge < -0.3 is 20.3 Å². The van der Waals surface area contributed by atoms with Crippen molar-refractivity contribution in [2.24, 2.45) is 0 Å². The molecule has 5 nitrogen and oxygen atoms in total. The molecule has 23 heavy (non-hydrogen) atoms. The molecule has 1 amide bonds. The fourth-order valence-corrected chi connectivity index (χ4v) is 2.19. The van der Waals surface area contributed by atoms with Crippen molar-refractivity contribution in [3.63, 3.8) is 0 Å². The number of rotatable bonds is 1. The van der Waals surface area contributed by atoms with Crippen molar-refractivity contribution in [3.8, 4) is 0 Å². The summed E-state index contributed by atoms with van der Waals surface area (Å²) in [5.74, 6) is -0.415. The van der Waals surface area contributed by atoms with Gasteiger partial charge in [0.15, 0.2) is 0 Å². The minimum absolute atomic E-state index is 0.145. The molecule has 1 aliphatic rings. The van der Waals surface area contributed by atoms with Gasteiger partial charge in [0.2, 0.25) is 0 Å². The van der Waals surface area contributed by atoms with E-state index < -0.39 is 11.4 Å². The summed E-state index contributed by atoms with van der Waals surface area (Å²) in [6, 6.07) is 4.78. The van der Waals surface area contributed by atoms with Crippen LogP contribution in [0, 0.1) is 5.82 Å². The fourth-order valence-electron chi connectivity index (χ4n) is 2.19. The first-order chi connectivity index (χ1) is 10.8. The lowest BCUT2D eigenvalue weighted by molar-refractivity contribution is 0.0240. The number of amides is 1. The van der Waals surface area contributed by atoms with E-state index in [1.807, 2.05) is 39.5 Å². The average molecular weight is 325 g/mol. The van der Waals surface area contributed by atoms with Gasteiger partial charge in [0.25, 0.3) is 0 Å². The molecule has 1 saturated heterocycles. The number of piperazine rings is 1. The van der Waals surface area contributed by atoms with Gasteiger partial charge >= 0.3 is 6.09 Å². The molecule has 1 aromatic carbocycles. The number of ether oxygens (including phenoxy) is 1. The highest BCUT2D eigenvalue weighted by molar-refractivity contribution is 5.68. The first-order valence-corrected chi connectivity index (χ1v) is 8.04. The predicted molar refractivity (Wildman–Crippen MR) is 92.2 cm³/mol. The Morgan fingerprint density at radius 2 is 1.74 bits per heavy atom. The van der Waals surface area contributed by atoms with Gasteiger partial charge in [0.05, 0.1) is 5.69 Å². The van der Waals surface area contributed by atoms with Crippen LogP contribution in [-0.2, 0) is 4.74 Å². The van der Waals surface area contributed by atoms with Crippen molar-refractivity contribution >= 4 is 17.5 Å². The molecule has 0 radical (unpaired) electrons. The first kappa shape index (κ1) is 19.1. The molecule has 0 aromatic heterocycles. The third-order valence-corrected chi connectivity index (χ3v) is 3.28. The molecule has 0 saturated carbocycles. The Bertz CT molecular complexity index is 521. The first-order valence-electron chi connectivity index (χ1n) is 8.04. The molecule has 6 heteroatoms. The molecule has 0 aliphatic carbocycles. The minimum Gasteiger partial charge on any atom is -0.444 e. The highest BCUT2D eigenvalue weighted by Gasteiger charge is 2.26. The van der Waals surface area contributed by atoms with Crippen molar-refractivity contribution in [1.29, 1.82) is 0 Å². The second-order valence-corrected chi connectivity index (χ2v) is 6.16. The smallest absolute Gasteiger partial charge is 0.410 e. The van der Waals surface area contributed by atoms with Crippen LogP contribution in [0.5, 0.6) is 0 Å². The highest BCUT2D eigenvalue weighted by atomic mass is 19.1. The van der Waals surface area contributed by atoms with E-state index in [2.05, 4.69) is 0 Å². The maximum absolute atomic E-state index is 13.5. The summed E-state index contributed by atoms with van der Waals surface area (Å²) in [5.41, 5.74) is 5.91. The van der Waals surface area contributed by atoms with Crippen LogP contribution in [-0.4, -0.2) is 42.8 Å². The van der Waals surface area contributed by atoms with Gasteiger partial charge in [-0.15, -0.1) is 0 Å². The minimum atomic E-state index is -0.492. The quantitative estimate of drug-likeness (QED) is 0.803. The molecule has 2 rings (SSSR count). The number of carbonyl (C=O) groups is 1. The lowest BCUT2D eigenvalue weighted by Gasteiger charge is -2.36. The van der Waals surface area contributed by atoms with E-state index in [1.54, 1.807) is 17.0 Å². The lowest BCUT2D eigenvalue weighted by atomic mass is 10.2. The third-order valence-electron chi connectivity index (χ3n) is 3.28. The molecule has 0 spiro atoms. The average Bonchev–Trinajstić information content (AvgIpc) is 2.50. The molecule has 0 unspecified atom stereocenters. The molecule has 1 aromatic rings. The molecule has 1 aliphatic heterocycles. The van der Waals surface area contributed by atoms with E-state index in [0.29, 0.717) is 26.2 Å². The van der Waals surface area contributed by atoms with Crippen molar-refractivity contribution in [1.82, 2.24) is 4.90 Å². The second-order valence-electron chi connectivity index (χ2n) is 6.16. The van der Waals surface area contributed by atoms with Crippen molar-refractivity contribution in [2.75, 3.05) is 36.8 Å². The van der Waals surface area contributed by atoms with Gasteiger partial charge in [-0.25, -0.2) is 9.18 Å². The van der Waals surface area contributed by atoms with Crippen LogP contribution in [0.3, 0.4) is 0 Å². The van der Waals surface area contributed by atoms with Gasteiger partial charge in [-0.1, -0.05) is 13.8 Å². The van der Waals surface area contributed by atoms with E-state index in [0.717, 1.165) is 5.69 Å². The molecule has 0 bridgehead atoms. The topological polar surface area (TPSA) is 58.8 Å². The van der Waals surface area contributed by atoms with E-state index in [4.69, 9.17) is 10.5 Å². The summed E-state index contributed by atoms with van der Waals surface area (Å²) >= 11 is 0. The van der Waals surface area contributed by atoms with E-state index in [9.17, 15) is 9.18 Å². The molecule has 1 fully saturated rings. The van der Waals surface area contributed by atoms with E-state index in [-0.39, 0.29) is 11.8 Å². The van der Waals surface area contributed by atoms with Crippen LogP contribution < -0.4 is 10.6 Å². The predicted octanol–water partition coefficient (Wildman–Crippen LogP) is 3.49. The highest BCUT2D eigenvalue weighted by Crippen LogP contribution is 2.21. The van der Waals surface area contributed by atoms with Gasteiger partial charge in [-0.3, -0.25) is 0 Å².